The van der Waals surface area contributed by atoms with Crippen molar-refractivity contribution in [2.24, 2.45) is 5.92 Å². The summed E-state index contributed by atoms with van der Waals surface area (Å²) in [6, 6.07) is 0. The second kappa shape index (κ2) is 4.65. The lowest BCUT2D eigenvalue weighted by atomic mass is 9.85. The van der Waals surface area contributed by atoms with Crippen molar-refractivity contribution in [3.63, 3.8) is 0 Å². The van der Waals surface area contributed by atoms with Gasteiger partial charge in [-0.15, -0.1) is 0 Å². The molecule has 0 aliphatic heterocycles. The lowest BCUT2D eigenvalue weighted by Gasteiger charge is -2.24. The van der Waals surface area contributed by atoms with Crippen LogP contribution in [0.3, 0.4) is 0 Å². The van der Waals surface area contributed by atoms with Crippen LogP contribution in [-0.2, 0) is 0 Å². The van der Waals surface area contributed by atoms with Gasteiger partial charge in [-0.25, -0.2) is 4.39 Å². The van der Waals surface area contributed by atoms with E-state index in [0.717, 1.165) is 19.3 Å². The van der Waals surface area contributed by atoms with Crippen molar-refractivity contribution in [2.75, 3.05) is 0 Å². The van der Waals surface area contributed by atoms with Gasteiger partial charge in [-0.05, 0) is 18.8 Å². The van der Waals surface area contributed by atoms with Gasteiger partial charge in [0.1, 0.15) is 6.10 Å². The third-order valence-electron chi connectivity index (χ3n) is 2.54. The van der Waals surface area contributed by atoms with E-state index >= 15 is 0 Å². The van der Waals surface area contributed by atoms with Crippen molar-refractivity contribution in [1.82, 2.24) is 0 Å². The van der Waals surface area contributed by atoms with E-state index in [0.29, 0.717) is 12.8 Å². The number of hydrogen-bond acceptors (Lipinski definition) is 1. The molecule has 1 rings (SSSR count). The van der Waals surface area contributed by atoms with E-state index in [1.54, 1.807) is 0 Å². The van der Waals surface area contributed by atoms with Gasteiger partial charge in [-0.1, -0.05) is 19.3 Å². The zero-order valence-electron chi connectivity index (χ0n) is 7.27. The monoisotopic (exact) mass is 194 g/mol. The Bertz CT molecular complexity index is 193. The predicted molar refractivity (Wildman–Crippen MR) is 42.9 cm³/mol. The Hall–Kier alpha value is -0.510. The Morgan fingerprint density at radius 1 is 1.08 bits per heavy atom. The van der Waals surface area contributed by atoms with Gasteiger partial charge in [0.2, 0.25) is 0 Å². The molecule has 0 radical (unpaired) electrons. The molecule has 13 heavy (non-hydrogen) atoms. The maximum atomic E-state index is 12.6. The topological polar surface area (TPSA) is 20.2 Å². The molecule has 0 heterocycles. The predicted octanol–water partition coefficient (Wildman–Crippen LogP) is 3.01. The first kappa shape index (κ1) is 10.6. The molecule has 1 nitrogen and oxygen atoms in total. The molecule has 76 valence electrons. The lowest BCUT2D eigenvalue weighted by molar-refractivity contribution is 0.0872. The summed E-state index contributed by atoms with van der Waals surface area (Å²) >= 11 is 0. The molecular formula is C9H13F3O. The molecule has 1 N–H and O–H groups in total. The molecule has 1 saturated carbocycles. The second-order valence-electron chi connectivity index (χ2n) is 3.45. The molecule has 0 unspecified atom stereocenters. The highest BCUT2D eigenvalue weighted by molar-refractivity contribution is 5.01. The molecule has 0 spiro atoms. The molecule has 4 heteroatoms. The third kappa shape index (κ3) is 2.72. The quantitative estimate of drug-likeness (QED) is 0.716. The van der Waals surface area contributed by atoms with E-state index in [1.807, 2.05) is 0 Å². The van der Waals surface area contributed by atoms with Crippen molar-refractivity contribution >= 4 is 0 Å². The van der Waals surface area contributed by atoms with E-state index in [-0.39, 0.29) is 5.92 Å². The van der Waals surface area contributed by atoms with Crippen molar-refractivity contribution in [3.05, 3.63) is 11.9 Å². The van der Waals surface area contributed by atoms with E-state index in [4.69, 9.17) is 0 Å². The number of aliphatic hydroxyl groups excluding tert-OH is 1. The van der Waals surface area contributed by atoms with Gasteiger partial charge in [-0.3, -0.25) is 0 Å². The molecule has 0 bridgehead atoms. The number of halogens is 3. The smallest absolute Gasteiger partial charge is 0.304 e. The van der Waals surface area contributed by atoms with Crippen LogP contribution in [0.1, 0.15) is 32.1 Å². The highest BCUT2D eigenvalue weighted by Gasteiger charge is 2.27. The Kier molecular flexibility index (Phi) is 3.78. The molecule has 0 amide bonds. The summed E-state index contributed by atoms with van der Waals surface area (Å²) < 4.78 is 36.1. The van der Waals surface area contributed by atoms with Gasteiger partial charge >= 0.3 is 6.08 Å². The highest BCUT2D eigenvalue weighted by Crippen LogP contribution is 2.31. The van der Waals surface area contributed by atoms with Crippen LogP contribution in [-0.4, -0.2) is 11.2 Å². The molecule has 0 aromatic heterocycles. The summed E-state index contributed by atoms with van der Waals surface area (Å²) in [5.74, 6) is -1.97. The molecule has 1 fully saturated rings. The molecule has 0 saturated heterocycles. The molecular weight excluding hydrogens is 181 g/mol. The zero-order chi connectivity index (χ0) is 9.84. The van der Waals surface area contributed by atoms with E-state index < -0.39 is 18.0 Å². The Morgan fingerprint density at radius 3 is 2.08 bits per heavy atom. The maximum Gasteiger partial charge on any atom is 0.304 e. The van der Waals surface area contributed by atoms with Gasteiger partial charge < -0.3 is 5.11 Å². The Morgan fingerprint density at radius 2 is 1.62 bits per heavy atom. The van der Waals surface area contributed by atoms with Crippen LogP contribution < -0.4 is 0 Å². The minimum Gasteiger partial charge on any atom is -0.385 e. The summed E-state index contributed by atoms with van der Waals surface area (Å²) in [5.41, 5.74) is 0. The normalized spacial score (nSPS) is 21.2. The van der Waals surface area contributed by atoms with E-state index in [1.165, 1.54) is 0 Å². The Balaban J connectivity index is 2.55. The first-order valence-electron chi connectivity index (χ1n) is 4.51. The molecule has 1 aliphatic rings. The maximum absolute atomic E-state index is 12.6. The molecule has 0 aromatic rings. The standard InChI is InChI=1S/C9H13F3O/c10-7(9(11)12)8(13)6-4-2-1-3-5-6/h6,8,13H,1-5H2/t8-/m0/s1. The summed E-state index contributed by atoms with van der Waals surface area (Å²) in [7, 11) is 0. The van der Waals surface area contributed by atoms with Gasteiger partial charge in [0.15, 0.2) is 5.83 Å². The van der Waals surface area contributed by atoms with Crippen molar-refractivity contribution in [1.29, 1.82) is 0 Å². The number of hydrogen-bond donors (Lipinski definition) is 1. The first-order valence-corrected chi connectivity index (χ1v) is 4.51. The number of aliphatic hydroxyl groups is 1. The second-order valence-corrected chi connectivity index (χ2v) is 3.45. The minimum atomic E-state index is -2.39. The number of rotatable bonds is 2. The first-order chi connectivity index (χ1) is 6.13. The fourth-order valence-electron chi connectivity index (χ4n) is 1.77. The summed E-state index contributed by atoms with van der Waals surface area (Å²) in [6.45, 7) is 0. The van der Waals surface area contributed by atoms with Gasteiger partial charge in [0.05, 0.1) is 0 Å². The van der Waals surface area contributed by atoms with Crippen LogP contribution in [0.5, 0.6) is 0 Å². The van der Waals surface area contributed by atoms with Crippen LogP contribution in [0.25, 0.3) is 0 Å². The van der Waals surface area contributed by atoms with Gasteiger partial charge in [-0.2, -0.15) is 8.78 Å². The molecule has 0 aromatic carbocycles. The molecule has 1 atom stereocenters. The largest absolute Gasteiger partial charge is 0.385 e. The summed E-state index contributed by atoms with van der Waals surface area (Å²) in [5, 5.41) is 9.20. The average molecular weight is 194 g/mol. The Labute approximate surface area is 75.3 Å². The van der Waals surface area contributed by atoms with Gasteiger partial charge in [0, 0.05) is 0 Å². The van der Waals surface area contributed by atoms with Crippen molar-refractivity contribution in [2.45, 2.75) is 38.2 Å². The zero-order valence-corrected chi connectivity index (χ0v) is 7.27. The van der Waals surface area contributed by atoms with Crippen molar-refractivity contribution in [3.8, 4) is 0 Å². The fraction of sp³-hybridized carbons (Fsp3) is 0.778. The molecule has 1 aliphatic carbocycles. The van der Waals surface area contributed by atoms with E-state index in [9.17, 15) is 18.3 Å². The highest BCUT2D eigenvalue weighted by atomic mass is 19.3. The average Bonchev–Trinajstić information content (AvgIpc) is 2.17. The van der Waals surface area contributed by atoms with Crippen LogP contribution in [0.4, 0.5) is 13.2 Å². The third-order valence-corrected chi connectivity index (χ3v) is 2.54. The van der Waals surface area contributed by atoms with Crippen LogP contribution in [0.2, 0.25) is 0 Å². The summed E-state index contributed by atoms with van der Waals surface area (Å²) in [6.07, 6.45) is 0.130. The van der Waals surface area contributed by atoms with Crippen LogP contribution in [0.15, 0.2) is 11.9 Å². The summed E-state index contributed by atoms with van der Waals surface area (Å²) in [4.78, 5) is 0. The SMILES string of the molecule is O[C@H](C(F)=C(F)F)C1CCCCC1. The lowest BCUT2D eigenvalue weighted by Crippen LogP contribution is -2.23. The van der Waals surface area contributed by atoms with Crippen molar-refractivity contribution < 1.29 is 18.3 Å². The van der Waals surface area contributed by atoms with Gasteiger partial charge in [0.25, 0.3) is 0 Å². The van der Waals surface area contributed by atoms with E-state index in [2.05, 4.69) is 0 Å². The fourth-order valence-corrected chi connectivity index (χ4v) is 1.77. The minimum absolute atomic E-state index is 0.324. The van der Waals surface area contributed by atoms with Crippen LogP contribution >= 0.6 is 0 Å². The van der Waals surface area contributed by atoms with Crippen LogP contribution in [0, 0.1) is 5.92 Å².